The van der Waals surface area contributed by atoms with Crippen molar-refractivity contribution in [3.05, 3.63) is 128 Å². The van der Waals surface area contributed by atoms with Crippen LogP contribution in [-0.2, 0) is 11.3 Å². The van der Waals surface area contributed by atoms with Gasteiger partial charge in [0.1, 0.15) is 0 Å². The third-order valence-electron chi connectivity index (χ3n) is 6.66. The predicted molar refractivity (Wildman–Crippen MR) is 165 cm³/mol. The molecule has 0 spiro atoms. The Hall–Kier alpha value is -4.99. The summed E-state index contributed by atoms with van der Waals surface area (Å²) in [5.41, 5.74) is 5.81. The van der Waals surface area contributed by atoms with Crippen LogP contribution in [0.3, 0.4) is 0 Å². The highest BCUT2D eigenvalue weighted by Crippen LogP contribution is 2.33. The molecule has 0 fully saturated rings. The zero-order valence-electron chi connectivity index (χ0n) is 22.5. The van der Waals surface area contributed by atoms with E-state index in [0.29, 0.717) is 33.4 Å². The summed E-state index contributed by atoms with van der Waals surface area (Å²) in [5.74, 6) is -1.34. The zero-order chi connectivity index (χ0) is 30.5. The Labute approximate surface area is 256 Å². The maximum absolute atomic E-state index is 12.4. The van der Waals surface area contributed by atoms with Gasteiger partial charge in [0.05, 0.1) is 29.3 Å². The molecule has 0 unspecified atom stereocenters. The highest BCUT2D eigenvalue weighted by Gasteiger charge is 2.15. The Bertz CT molecular complexity index is 1820. The predicted octanol–water partition coefficient (Wildman–Crippen LogP) is 7.35. The standard InChI is InChI=1S/C32H24Cl2N4O5/c33-26-14-25(15-27(34)17-26)29-18-30(24-5-1-3-22(13-24)23-4-2-6-28(16-23)38(42)43)37(36-29)19-20-7-9-21(10-8-20)32(41)35-12-11-31(39)40/h1-10,13-18H,11-12,19H2,(H,35,41)(H,39,40). The van der Waals surface area contributed by atoms with Crippen LogP contribution in [0.5, 0.6) is 0 Å². The third kappa shape index (κ3) is 7.27. The summed E-state index contributed by atoms with van der Waals surface area (Å²) in [6.07, 6.45) is -0.158. The van der Waals surface area contributed by atoms with Crippen molar-refractivity contribution in [3.63, 3.8) is 0 Å². The molecule has 0 aliphatic carbocycles. The molecule has 216 valence electrons. The lowest BCUT2D eigenvalue weighted by atomic mass is 10.0. The number of aliphatic carboxylic acids is 1. The highest BCUT2D eigenvalue weighted by atomic mass is 35.5. The van der Waals surface area contributed by atoms with Gasteiger partial charge in [-0.2, -0.15) is 5.10 Å². The van der Waals surface area contributed by atoms with Gasteiger partial charge in [-0.15, -0.1) is 0 Å². The first-order valence-electron chi connectivity index (χ1n) is 13.1. The van der Waals surface area contributed by atoms with Crippen LogP contribution in [0.25, 0.3) is 33.6 Å². The number of nitrogens with one attached hydrogen (secondary N) is 1. The number of amides is 1. The van der Waals surface area contributed by atoms with Crippen LogP contribution in [0.1, 0.15) is 22.3 Å². The van der Waals surface area contributed by atoms with Gasteiger partial charge in [-0.3, -0.25) is 24.4 Å². The number of benzene rings is 4. The van der Waals surface area contributed by atoms with Crippen molar-refractivity contribution in [2.45, 2.75) is 13.0 Å². The molecule has 1 heterocycles. The number of nitro groups is 1. The Morgan fingerprint density at radius 2 is 1.49 bits per heavy atom. The van der Waals surface area contributed by atoms with Crippen LogP contribution in [0.4, 0.5) is 5.69 Å². The molecule has 1 amide bonds. The molecule has 0 radical (unpaired) electrons. The van der Waals surface area contributed by atoms with Crippen LogP contribution < -0.4 is 5.32 Å². The van der Waals surface area contributed by atoms with E-state index in [0.717, 1.165) is 27.9 Å². The number of carboxylic acids is 1. The quantitative estimate of drug-likeness (QED) is 0.125. The van der Waals surface area contributed by atoms with E-state index in [-0.39, 0.29) is 24.6 Å². The average Bonchev–Trinajstić information content (AvgIpc) is 3.41. The van der Waals surface area contributed by atoms with Gasteiger partial charge >= 0.3 is 5.97 Å². The Kier molecular flexibility index (Phi) is 8.85. The molecule has 0 bridgehead atoms. The number of carbonyl (C=O) groups excluding carboxylic acids is 1. The molecule has 2 N–H and O–H groups in total. The first-order valence-corrected chi connectivity index (χ1v) is 13.9. The fourth-order valence-corrected chi connectivity index (χ4v) is 5.12. The molecule has 43 heavy (non-hydrogen) atoms. The Morgan fingerprint density at radius 3 is 2.16 bits per heavy atom. The smallest absolute Gasteiger partial charge is 0.305 e. The molecule has 0 atom stereocenters. The Morgan fingerprint density at radius 1 is 0.837 bits per heavy atom. The number of carbonyl (C=O) groups is 2. The van der Waals surface area contributed by atoms with Crippen molar-refractivity contribution < 1.29 is 19.6 Å². The van der Waals surface area contributed by atoms with Crippen molar-refractivity contribution in [1.82, 2.24) is 15.1 Å². The number of nitro benzene ring substituents is 1. The maximum Gasteiger partial charge on any atom is 0.305 e. The lowest BCUT2D eigenvalue weighted by molar-refractivity contribution is -0.384. The number of hydrogen-bond acceptors (Lipinski definition) is 5. The molecule has 1 aromatic heterocycles. The molecule has 4 aromatic carbocycles. The maximum atomic E-state index is 12.4. The van der Waals surface area contributed by atoms with Crippen molar-refractivity contribution >= 4 is 40.8 Å². The first-order chi connectivity index (χ1) is 20.7. The summed E-state index contributed by atoms with van der Waals surface area (Å²) >= 11 is 12.6. The number of hydrogen-bond donors (Lipinski definition) is 2. The second kappa shape index (κ2) is 12.9. The van der Waals surface area contributed by atoms with Crippen molar-refractivity contribution in [2.24, 2.45) is 0 Å². The summed E-state index contributed by atoms with van der Waals surface area (Å²) in [5, 5.41) is 28.5. The van der Waals surface area contributed by atoms with E-state index in [4.69, 9.17) is 33.4 Å². The molecule has 0 aliphatic rings. The lowest BCUT2D eigenvalue weighted by Gasteiger charge is -2.10. The number of aromatic nitrogens is 2. The number of rotatable bonds is 10. The van der Waals surface area contributed by atoms with Gasteiger partial charge in [0.15, 0.2) is 0 Å². The van der Waals surface area contributed by atoms with Crippen molar-refractivity contribution in [3.8, 4) is 33.6 Å². The van der Waals surface area contributed by atoms with E-state index in [1.165, 1.54) is 12.1 Å². The molecule has 0 aliphatic heterocycles. The monoisotopic (exact) mass is 614 g/mol. The molecule has 11 heteroatoms. The fraction of sp³-hybridized carbons (Fsp3) is 0.0938. The van der Waals surface area contributed by atoms with Crippen LogP contribution in [0, 0.1) is 10.1 Å². The van der Waals surface area contributed by atoms with Gasteiger partial charge in [0.2, 0.25) is 0 Å². The topological polar surface area (TPSA) is 127 Å². The van der Waals surface area contributed by atoms with E-state index < -0.39 is 10.9 Å². The van der Waals surface area contributed by atoms with E-state index in [1.807, 2.05) is 53.2 Å². The van der Waals surface area contributed by atoms with Gasteiger partial charge in [-0.1, -0.05) is 65.7 Å². The molecular formula is C32H24Cl2N4O5. The molecular weight excluding hydrogens is 591 g/mol. The normalized spacial score (nSPS) is 10.8. The summed E-state index contributed by atoms with van der Waals surface area (Å²) in [7, 11) is 0. The SMILES string of the molecule is O=C(O)CCNC(=O)c1ccc(Cn2nc(-c3cc(Cl)cc(Cl)c3)cc2-c2cccc(-c3cccc([N+](=O)[O-])c3)c2)cc1. The summed E-state index contributed by atoms with van der Waals surface area (Å²) in [6, 6.07) is 28.2. The van der Waals surface area contributed by atoms with Crippen LogP contribution in [0.2, 0.25) is 10.0 Å². The molecule has 0 saturated carbocycles. The summed E-state index contributed by atoms with van der Waals surface area (Å²) < 4.78 is 1.83. The minimum absolute atomic E-state index is 0.00656. The van der Waals surface area contributed by atoms with E-state index >= 15 is 0 Å². The largest absolute Gasteiger partial charge is 0.481 e. The van der Waals surface area contributed by atoms with Gasteiger partial charge in [0, 0.05) is 45.4 Å². The summed E-state index contributed by atoms with van der Waals surface area (Å²) in [4.78, 5) is 34.0. The van der Waals surface area contributed by atoms with E-state index in [9.17, 15) is 19.7 Å². The number of halogens is 2. The Balaban J connectivity index is 1.50. The lowest BCUT2D eigenvalue weighted by Crippen LogP contribution is -2.25. The zero-order valence-corrected chi connectivity index (χ0v) is 24.0. The molecule has 5 aromatic rings. The second-order valence-electron chi connectivity index (χ2n) is 9.72. The number of carboxylic acid groups (broad SMARTS) is 1. The first kappa shape index (κ1) is 29.5. The van der Waals surface area contributed by atoms with Crippen molar-refractivity contribution in [1.29, 1.82) is 0 Å². The van der Waals surface area contributed by atoms with Crippen molar-refractivity contribution in [2.75, 3.05) is 6.54 Å². The fourth-order valence-electron chi connectivity index (χ4n) is 4.59. The minimum Gasteiger partial charge on any atom is -0.481 e. The van der Waals surface area contributed by atoms with E-state index in [1.54, 1.807) is 36.4 Å². The van der Waals surface area contributed by atoms with Crippen LogP contribution in [-0.4, -0.2) is 38.2 Å². The van der Waals surface area contributed by atoms with E-state index in [2.05, 4.69) is 5.32 Å². The number of nitrogens with zero attached hydrogens (tertiary/aromatic N) is 3. The van der Waals surface area contributed by atoms with Gasteiger partial charge in [0.25, 0.3) is 11.6 Å². The highest BCUT2D eigenvalue weighted by molar-refractivity contribution is 6.35. The molecule has 5 rings (SSSR count). The average molecular weight is 615 g/mol. The van der Waals surface area contributed by atoms with Gasteiger partial charge in [-0.25, -0.2) is 0 Å². The van der Waals surface area contributed by atoms with Gasteiger partial charge in [-0.05, 0) is 59.2 Å². The molecule has 0 saturated heterocycles. The van der Waals surface area contributed by atoms with Gasteiger partial charge < -0.3 is 10.4 Å². The second-order valence-corrected chi connectivity index (χ2v) is 10.6. The van der Waals surface area contributed by atoms with Crippen LogP contribution in [0.15, 0.2) is 97.1 Å². The summed E-state index contributed by atoms with van der Waals surface area (Å²) in [6.45, 7) is 0.407. The molecule has 9 nitrogen and oxygen atoms in total. The third-order valence-corrected chi connectivity index (χ3v) is 7.10. The van der Waals surface area contributed by atoms with Crippen LogP contribution >= 0.6 is 23.2 Å². The number of non-ortho nitro benzene ring substituents is 1. The minimum atomic E-state index is -0.985.